The fourth-order valence-corrected chi connectivity index (χ4v) is 2.52. The van der Waals surface area contributed by atoms with Crippen molar-refractivity contribution in [2.45, 2.75) is 13.2 Å². The minimum Gasteiger partial charge on any atom is -0.497 e. The van der Waals surface area contributed by atoms with Crippen LogP contribution in [0.1, 0.15) is 11.3 Å². The molecule has 0 amide bonds. The summed E-state index contributed by atoms with van der Waals surface area (Å²) in [6.07, 6.45) is 0. The monoisotopic (exact) mass is 340 g/mol. The van der Waals surface area contributed by atoms with E-state index in [0.29, 0.717) is 16.8 Å². The zero-order chi connectivity index (χ0) is 17.8. The Morgan fingerprint density at radius 2 is 1.80 bits per heavy atom. The van der Waals surface area contributed by atoms with Crippen LogP contribution < -0.4 is 10.3 Å². The van der Waals surface area contributed by atoms with Gasteiger partial charge in [-0.3, -0.25) is 4.79 Å². The van der Waals surface area contributed by atoms with Crippen molar-refractivity contribution in [1.29, 1.82) is 0 Å². The number of aromatic nitrogens is 2. The summed E-state index contributed by atoms with van der Waals surface area (Å²) in [7, 11) is 1.58. The molecule has 5 nitrogen and oxygen atoms in total. The minimum atomic E-state index is -0.376. The van der Waals surface area contributed by atoms with Gasteiger partial charge in [0.25, 0.3) is 5.56 Å². The van der Waals surface area contributed by atoms with Gasteiger partial charge < -0.3 is 9.84 Å². The van der Waals surface area contributed by atoms with Crippen LogP contribution >= 0.6 is 0 Å². The van der Waals surface area contributed by atoms with E-state index in [9.17, 15) is 14.3 Å². The van der Waals surface area contributed by atoms with E-state index in [1.54, 1.807) is 19.2 Å². The van der Waals surface area contributed by atoms with Crippen LogP contribution in [0, 0.1) is 5.82 Å². The molecule has 2 aromatic carbocycles. The second-order valence-corrected chi connectivity index (χ2v) is 5.53. The van der Waals surface area contributed by atoms with E-state index in [2.05, 4.69) is 5.10 Å². The summed E-state index contributed by atoms with van der Waals surface area (Å²) in [5.41, 5.74) is 1.88. The second kappa shape index (κ2) is 7.27. The van der Waals surface area contributed by atoms with E-state index in [-0.39, 0.29) is 24.5 Å². The van der Waals surface area contributed by atoms with Crippen LogP contribution in [0.3, 0.4) is 0 Å². The lowest BCUT2D eigenvalue weighted by Gasteiger charge is -2.10. The third-order valence-electron chi connectivity index (χ3n) is 3.83. The Kier molecular flexibility index (Phi) is 4.90. The summed E-state index contributed by atoms with van der Waals surface area (Å²) >= 11 is 0. The van der Waals surface area contributed by atoms with Crippen molar-refractivity contribution >= 4 is 0 Å². The first kappa shape index (κ1) is 16.9. The fourth-order valence-electron chi connectivity index (χ4n) is 2.52. The molecule has 0 aliphatic carbocycles. The van der Waals surface area contributed by atoms with Crippen LogP contribution in [0.25, 0.3) is 11.1 Å². The average molecular weight is 340 g/mol. The van der Waals surface area contributed by atoms with Gasteiger partial charge in [0.2, 0.25) is 0 Å². The molecule has 6 heteroatoms. The van der Waals surface area contributed by atoms with Crippen molar-refractivity contribution in [3.8, 4) is 16.9 Å². The average Bonchev–Trinajstić information content (AvgIpc) is 2.65. The molecule has 128 valence electrons. The van der Waals surface area contributed by atoms with E-state index in [4.69, 9.17) is 4.74 Å². The highest BCUT2D eigenvalue weighted by atomic mass is 19.1. The first-order chi connectivity index (χ1) is 12.1. The second-order valence-electron chi connectivity index (χ2n) is 5.53. The molecule has 1 aromatic heterocycles. The lowest BCUT2D eigenvalue weighted by molar-refractivity contribution is 0.273. The Balaban J connectivity index is 2.02. The van der Waals surface area contributed by atoms with Crippen LogP contribution in [0.15, 0.2) is 59.4 Å². The van der Waals surface area contributed by atoms with Gasteiger partial charge in [-0.05, 0) is 41.5 Å². The van der Waals surface area contributed by atoms with Crippen molar-refractivity contribution in [1.82, 2.24) is 9.78 Å². The number of nitrogens with zero attached hydrogens (tertiary/aromatic N) is 2. The third kappa shape index (κ3) is 3.75. The summed E-state index contributed by atoms with van der Waals surface area (Å²) in [5.74, 6) is 0.346. The highest BCUT2D eigenvalue weighted by Gasteiger charge is 2.11. The molecule has 1 N–H and O–H groups in total. The van der Waals surface area contributed by atoms with E-state index in [1.807, 2.05) is 12.1 Å². The van der Waals surface area contributed by atoms with Gasteiger partial charge >= 0.3 is 0 Å². The maximum absolute atomic E-state index is 13.1. The van der Waals surface area contributed by atoms with Gasteiger partial charge in [-0.1, -0.05) is 24.3 Å². The van der Waals surface area contributed by atoms with Crippen LogP contribution in [0.5, 0.6) is 5.75 Å². The zero-order valence-electron chi connectivity index (χ0n) is 13.6. The van der Waals surface area contributed by atoms with Gasteiger partial charge in [-0.2, -0.15) is 5.10 Å². The molecule has 0 spiro atoms. The van der Waals surface area contributed by atoms with E-state index < -0.39 is 0 Å². The predicted molar refractivity (Wildman–Crippen MR) is 91.9 cm³/mol. The van der Waals surface area contributed by atoms with Gasteiger partial charge in [0.15, 0.2) is 0 Å². The quantitative estimate of drug-likeness (QED) is 0.775. The number of aliphatic hydroxyl groups excluding tert-OH is 1. The molecule has 0 aliphatic rings. The standard InChI is InChI=1S/C19H17FN2O3/c1-25-17-8-2-13(3-9-17)11-22-19(24)18(10-16(12-23)21-22)14-4-6-15(20)7-5-14/h2-10,23H,11-12H2,1H3. The first-order valence-electron chi connectivity index (χ1n) is 7.71. The Bertz CT molecular complexity index is 919. The Morgan fingerprint density at radius 3 is 2.40 bits per heavy atom. The van der Waals surface area contributed by atoms with Crippen molar-refractivity contribution in [3.05, 3.63) is 82.0 Å². The number of hydrogen-bond donors (Lipinski definition) is 1. The number of rotatable bonds is 5. The molecule has 0 fully saturated rings. The zero-order valence-corrected chi connectivity index (χ0v) is 13.6. The highest BCUT2D eigenvalue weighted by Crippen LogP contribution is 2.17. The highest BCUT2D eigenvalue weighted by molar-refractivity contribution is 5.62. The molecule has 0 unspecified atom stereocenters. The van der Waals surface area contributed by atoms with Gasteiger partial charge in [0.05, 0.1) is 31.5 Å². The molecular formula is C19H17FN2O3. The van der Waals surface area contributed by atoms with Crippen LogP contribution in [-0.2, 0) is 13.2 Å². The number of halogens is 1. The fraction of sp³-hybridized carbons (Fsp3) is 0.158. The van der Waals surface area contributed by atoms with Crippen LogP contribution in [0.2, 0.25) is 0 Å². The number of aliphatic hydroxyl groups is 1. The minimum absolute atomic E-state index is 0.255. The Morgan fingerprint density at radius 1 is 1.12 bits per heavy atom. The van der Waals surface area contributed by atoms with Crippen molar-refractivity contribution in [2.24, 2.45) is 0 Å². The lowest BCUT2D eigenvalue weighted by atomic mass is 10.1. The third-order valence-corrected chi connectivity index (χ3v) is 3.83. The van der Waals surface area contributed by atoms with Crippen molar-refractivity contribution in [2.75, 3.05) is 7.11 Å². The number of methoxy groups -OCH3 is 1. The Hall–Kier alpha value is -2.99. The molecule has 0 saturated heterocycles. The molecule has 3 rings (SSSR count). The molecule has 0 aliphatic heterocycles. The number of ether oxygens (including phenoxy) is 1. The Labute approximate surface area is 143 Å². The van der Waals surface area contributed by atoms with Gasteiger partial charge in [0.1, 0.15) is 11.6 Å². The summed E-state index contributed by atoms with van der Waals surface area (Å²) in [6, 6.07) is 14.5. The topological polar surface area (TPSA) is 64.3 Å². The lowest BCUT2D eigenvalue weighted by Crippen LogP contribution is -2.26. The molecule has 0 radical (unpaired) electrons. The molecule has 0 atom stereocenters. The molecule has 0 bridgehead atoms. The molecule has 1 heterocycles. The SMILES string of the molecule is COc1ccc(Cn2nc(CO)cc(-c3ccc(F)cc3)c2=O)cc1. The number of benzene rings is 2. The van der Waals surface area contributed by atoms with E-state index in [1.165, 1.54) is 35.0 Å². The summed E-state index contributed by atoms with van der Waals surface area (Å²) in [5, 5.41) is 13.6. The van der Waals surface area contributed by atoms with E-state index in [0.717, 1.165) is 11.3 Å². The van der Waals surface area contributed by atoms with Crippen molar-refractivity contribution in [3.63, 3.8) is 0 Å². The maximum Gasteiger partial charge on any atom is 0.274 e. The smallest absolute Gasteiger partial charge is 0.274 e. The largest absolute Gasteiger partial charge is 0.497 e. The van der Waals surface area contributed by atoms with Gasteiger partial charge in [0, 0.05) is 0 Å². The first-order valence-corrected chi connectivity index (χ1v) is 7.71. The summed E-state index contributed by atoms with van der Waals surface area (Å²) in [6.45, 7) is -0.0397. The molecule has 0 saturated carbocycles. The molecular weight excluding hydrogens is 323 g/mol. The van der Waals surface area contributed by atoms with Gasteiger partial charge in [-0.25, -0.2) is 9.07 Å². The normalized spacial score (nSPS) is 10.7. The predicted octanol–water partition coefficient (Wildman–Crippen LogP) is 2.60. The maximum atomic E-state index is 13.1. The van der Waals surface area contributed by atoms with Gasteiger partial charge in [-0.15, -0.1) is 0 Å². The molecule has 3 aromatic rings. The van der Waals surface area contributed by atoms with Crippen molar-refractivity contribution < 1.29 is 14.2 Å². The van der Waals surface area contributed by atoms with Crippen LogP contribution in [-0.4, -0.2) is 22.0 Å². The van der Waals surface area contributed by atoms with Crippen LogP contribution in [0.4, 0.5) is 4.39 Å². The summed E-state index contributed by atoms with van der Waals surface area (Å²) in [4.78, 5) is 12.8. The molecule has 25 heavy (non-hydrogen) atoms. The summed E-state index contributed by atoms with van der Waals surface area (Å²) < 4.78 is 19.5. The van der Waals surface area contributed by atoms with E-state index >= 15 is 0 Å². The number of hydrogen-bond acceptors (Lipinski definition) is 4.